The molecule has 1 aliphatic rings. The molecule has 0 aliphatic carbocycles. The molecule has 0 saturated carbocycles. The Bertz CT molecular complexity index is 395. The van der Waals surface area contributed by atoms with Crippen molar-refractivity contribution in [1.82, 2.24) is 5.32 Å². The SMILES string of the molecule is CNC(=O)Cc1ccc(NC2CCCOCC2)cc1. The zero-order valence-corrected chi connectivity index (χ0v) is 11.4. The van der Waals surface area contributed by atoms with E-state index in [1.807, 2.05) is 24.3 Å². The second-order valence-electron chi connectivity index (χ2n) is 4.93. The van der Waals surface area contributed by atoms with E-state index < -0.39 is 0 Å². The average molecular weight is 262 g/mol. The molecule has 1 amide bonds. The lowest BCUT2D eigenvalue weighted by Gasteiger charge is -2.17. The van der Waals surface area contributed by atoms with Crippen molar-refractivity contribution < 1.29 is 9.53 Å². The van der Waals surface area contributed by atoms with Crippen LogP contribution in [-0.4, -0.2) is 32.2 Å². The van der Waals surface area contributed by atoms with Gasteiger partial charge in [0.05, 0.1) is 6.42 Å². The van der Waals surface area contributed by atoms with Crippen molar-refractivity contribution in [3.63, 3.8) is 0 Å². The number of carbonyl (C=O) groups is 1. The molecule has 19 heavy (non-hydrogen) atoms. The quantitative estimate of drug-likeness (QED) is 0.872. The highest BCUT2D eigenvalue weighted by Crippen LogP contribution is 2.16. The van der Waals surface area contributed by atoms with Crippen molar-refractivity contribution in [2.75, 3.05) is 25.6 Å². The van der Waals surface area contributed by atoms with Gasteiger partial charge in [0.2, 0.25) is 5.91 Å². The highest BCUT2D eigenvalue weighted by atomic mass is 16.5. The molecule has 4 heteroatoms. The van der Waals surface area contributed by atoms with Gasteiger partial charge in [-0.3, -0.25) is 4.79 Å². The number of likely N-dealkylation sites (N-methyl/N-ethyl adjacent to an activating group) is 1. The Morgan fingerprint density at radius 3 is 2.79 bits per heavy atom. The summed E-state index contributed by atoms with van der Waals surface area (Å²) in [5.74, 6) is 0.0432. The zero-order valence-electron chi connectivity index (χ0n) is 11.4. The van der Waals surface area contributed by atoms with E-state index in [0.29, 0.717) is 12.5 Å². The predicted molar refractivity (Wildman–Crippen MR) is 76.3 cm³/mol. The number of amides is 1. The van der Waals surface area contributed by atoms with Crippen molar-refractivity contribution in [2.24, 2.45) is 0 Å². The Labute approximate surface area is 114 Å². The van der Waals surface area contributed by atoms with E-state index in [4.69, 9.17) is 4.74 Å². The van der Waals surface area contributed by atoms with Crippen LogP contribution >= 0.6 is 0 Å². The standard InChI is InChI=1S/C15H22N2O2/c1-16-15(18)11-12-4-6-14(7-5-12)17-13-3-2-9-19-10-8-13/h4-7,13,17H,2-3,8-11H2,1H3,(H,16,18). The van der Waals surface area contributed by atoms with Crippen LogP contribution in [0.2, 0.25) is 0 Å². The maximum absolute atomic E-state index is 11.3. The summed E-state index contributed by atoms with van der Waals surface area (Å²) in [6.45, 7) is 1.72. The lowest BCUT2D eigenvalue weighted by Crippen LogP contribution is -2.20. The van der Waals surface area contributed by atoms with E-state index in [2.05, 4.69) is 10.6 Å². The van der Waals surface area contributed by atoms with Crippen LogP contribution in [0.4, 0.5) is 5.69 Å². The molecule has 2 rings (SSSR count). The molecule has 4 nitrogen and oxygen atoms in total. The molecule has 1 heterocycles. The minimum absolute atomic E-state index is 0.0432. The molecule has 2 N–H and O–H groups in total. The molecular formula is C15H22N2O2. The van der Waals surface area contributed by atoms with Gasteiger partial charge in [-0.1, -0.05) is 12.1 Å². The molecule has 1 saturated heterocycles. The van der Waals surface area contributed by atoms with Gasteiger partial charge in [-0.05, 0) is 37.0 Å². The van der Waals surface area contributed by atoms with Crippen LogP contribution in [0.25, 0.3) is 0 Å². The Morgan fingerprint density at radius 1 is 1.26 bits per heavy atom. The summed E-state index contributed by atoms with van der Waals surface area (Å²) in [7, 11) is 1.66. The zero-order chi connectivity index (χ0) is 13.5. The highest BCUT2D eigenvalue weighted by Gasteiger charge is 2.11. The van der Waals surface area contributed by atoms with E-state index in [-0.39, 0.29) is 5.91 Å². The minimum atomic E-state index is 0.0432. The van der Waals surface area contributed by atoms with Crippen molar-refractivity contribution in [3.05, 3.63) is 29.8 Å². The van der Waals surface area contributed by atoms with Gasteiger partial charge in [0.1, 0.15) is 0 Å². The first-order chi connectivity index (χ1) is 9.28. The number of hydrogen-bond donors (Lipinski definition) is 2. The average Bonchev–Trinajstić information content (AvgIpc) is 2.69. The van der Waals surface area contributed by atoms with Gasteiger partial charge in [0.25, 0.3) is 0 Å². The predicted octanol–water partition coefficient (Wildman–Crippen LogP) is 1.96. The van der Waals surface area contributed by atoms with Crippen LogP contribution < -0.4 is 10.6 Å². The number of nitrogens with one attached hydrogen (secondary N) is 2. The van der Waals surface area contributed by atoms with Crippen molar-refractivity contribution in [1.29, 1.82) is 0 Å². The maximum Gasteiger partial charge on any atom is 0.224 e. The van der Waals surface area contributed by atoms with Crippen molar-refractivity contribution in [3.8, 4) is 0 Å². The molecular weight excluding hydrogens is 240 g/mol. The van der Waals surface area contributed by atoms with Crippen LogP contribution in [0.3, 0.4) is 0 Å². The fourth-order valence-corrected chi connectivity index (χ4v) is 2.28. The Balaban J connectivity index is 1.88. The molecule has 1 atom stereocenters. The Hall–Kier alpha value is -1.55. The first kappa shape index (κ1) is 13.9. The number of benzene rings is 1. The maximum atomic E-state index is 11.3. The van der Waals surface area contributed by atoms with Crippen LogP contribution in [0.15, 0.2) is 24.3 Å². The molecule has 1 aliphatic heterocycles. The number of anilines is 1. The second-order valence-corrected chi connectivity index (χ2v) is 4.93. The van der Waals surface area contributed by atoms with E-state index in [0.717, 1.165) is 43.7 Å². The molecule has 1 aromatic carbocycles. The van der Waals surface area contributed by atoms with Gasteiger partial charge in [-0.15, -0.1) is 0 Å². The van der Waals surface area contributed by atoms with Gasteiger partial charge < -0.3 is 15.4 Å². The number of rotatable bonds is 4. The van der Waals surface area contributed by atoms with E-state index in [9.17, 15) is 4.79 Å². The summed E-state index contributed by atoms with van der Waals surface area (Å²) in [6, 6.07) is 8.59. The van der Waals surface area contributed by atoms with E-state index >= 15 is 0 Å². The lowest BCUT2D eigenvalue weighted by molar-refractivity contribution is -0.119. The molecule has 0 bridgehead atoms. The van der Waals surface area contributed by atoms with Gasteiger partial charge in [-0.2, -0.15) is 0 Å². The first-order valence-electron chi connectivity index (χ1n) is 6.92. The minimum Gasteiger partial charge on any atom is -0.382 e. The van der Waals surface area contributed by atoms with Crippen LogP contribution in [0, 0.1) is 0 Å². The third-order valence-electron chi connectivity index (χ3n) is 3.42. The fraction of sp³-hybridized carbons (Fsp3) is 0.533. The molecule has 0 spiro atoms. The summed E-state index contributed by atoms with van der Waals surface area (Å²) in [6.07, 6.45) is 3.76. The smallest absolute Gasteiger partial charge is 0.224 e. The normalized spacial score (nSPS) is 19.5. The topological polar surface area (TPSA) is 50.4 Å². The molecule has 1 aromatic rings. The van der Waals surface area contributed by atoms with E-state index in [1.54, 1.807) is 7.05 Å². The van der Waals surface area contributed by atoms with Crippen LogP contribution in [0.5, 0.6) is 0 Å². The molecule has 0 aromatic heterocycles. The Morgan fingerprint density at radius 2 is 2.05 bits per heavy atom. The van der Waals surface area contributed by atoms with Gasteiger partial charge in [0, 0.05) is 32.0 Å². The third-order valence-corrected chi connectivity index (χ3v) is 3.42. The lowest BCUT2D eigenvalue weighted by atomic mass is 10.1. The number of ether oxygens (including phenoxy) is 1. The summed E-state index contributed by atoms with van der Waals surface area (Å²) < 4.78 is 5.45. The molecule has 1 unspecified atom stereocenters. The molecule has 104 valence electrons. The number of carbonyl (C=O) groups excluding carboxylic acids is 1. The van der Waals surface area contributed by atoms with Crippen molar-refractivity contribution >= 4 is 11.6 Å². The monoisotopic (exact) mass is 262 g/mol. The summed E-state index contributed by atoms with van der Waals surface area (Å²) in [5.41, 5.74) is 2.15. The van der Waals surface area contributed by atoms with Crippen LogP contribution in [0.1, 0.15) is 24.8 Å². The summed E-state index contributed by atoms with van der Waals surface area (Å²) in [5, 5.41) is 6.17. The third kappa shape index (κ3) is 4.56. The van der Waals surface area contributed by atoms with Crippen molar-refractivity contribution in [2.45, 2.75) is 31.7 Å². The summed E-state index contributed by atoms with van der Waals surface area (Å²) >= 11 is 0. The highest BCUT2D eigenvalue weighted by molar-refractivity contribution is 5.78. The van der Waals surface area contributed by atoms with Crippen LogP contribution in [-0.2, 0) is 16.0 Å². The fourth-order valence-electron chi connectivity index (χ4n) is 2.28. The molecule has 1 fully saturated rings. The Kier molecular flexibility index (Phi) is 5.21. The first-order valence-corrected chi connectivity index (χ1v) is 6.92. The summed E-state index contributed by atoms with van der Waals surface area (Å²) in [4.78, 5) is 11.3. The number of hydrogen-bond acceptors (Lipinski definition) is 3. The largest absolute Gasteiger partial charge is 0.382 e. The second kappa shape index (κ2) is 7.14. The molecule has 0 radical (unpaired) electrons. The van der Waals surface area contributed by atoms with Gasteiger partial charge in [0.15, 0.2) is 0 Å². The van der Waals surface area contributed by atoms with Gasteiger partial charge in [-0.25, -0.2) is 0 Å². The van der Waals surface area contributed by atoms with Gasteiger partial charge >= 0.3 is 0 Å². The van der Waals surface area contributed by atoms with E-state index in [1.165, 1.54) is 0 Å².